The van der Waals surface area contributed by atoms with Crippen LogP contribution in [0.1, 0.15) is 5.56 Å². The summed E-state index contributed by atoms with van der Waals surface area (Å²) in [5.41, 5.74) is 1.81. The van der Waals surface area contributed by atoms with Crippen molar-refractivity contribution in [1.82, 2.24) is 9.97 Å². The number of aromatic nitrogens is 2. The average molecular weight is 443 g/mol. The minimum atomic E-state index is -0.489. The van der Waals surface area contributed by atoms with E-state index in [-0.39, 0.29) is 23.1 Å². The molecule has 0 radical (unpaired) electrons. The van der Waals surface area contributed by atoms with Crippen molar-refractivity contribution < 1.29 is 9.31 Å². The first kappa shape index (κ1) is 20.8. The number of hydrogen-bond acceptors (Lipinski definition) is 7. The summed E-state index contributed by atoms with van der Waals surface area (Å²) in [6, 6.07) is 11.9. The lowest BCUT2D eigenvalue weighted by Crippen LogP contribution is -2.47. The Hall–Kier alpha value is -3.46. The summed E-state index contributed by atoms with van der Waals surface area (Å²) in [7, 11) is 0. The second-order valence-corrected chi connectivity index (χ2v) is 7.57. The van der Waals surface area contributed by atoms with Crippen LogP contribution < -0.4 is 15.1 Å². The van der Waals surface area contributed by atoms with Crippen LogP contribution in [-0.2, 0) is 0 Å². The lowest BCUT2D eigenvalue weighted by molar-refractivity contribution is -0.383. The third-order valence-corrected chi connectivity index (χ3v) is 5.60. The molecule has 2 aromatic carbocycles. The van der Waals surface area contributed by atoms with Gasteiger partial charge in [-0.15, -0.1) is 0 Å². The van der Waals surface area contributed by atoms with Gasteiger partial charge in [0, 0.05) is 36.9 Å². The SMILES string of the molecule is Cc1ccc(Nc2ncnc(N3CCN(c4ccccc4F)CC3)c2[N+](=O)[O-])cc1Cl. The van der Waals surface area contributed by atoms with Crippen LogP contribution in [0, 0.1) is 22.9 Å². The molecule has 0 aliphatic carbocycles. The molecule has 0 amide bonds. The van der Waals surface area contributed by atoms with Crippen LogP contribution >= 0.6 is 11.6 Å². The molecule has 0 spiro atoms. The highest BCUT2D eigenvalue weighted by Gasteiger charge is 2.30. The maximum atomic E-state index is 14.1. The normalized spacial score (nSPS) is 13.9. The fourth-order valence-electron chi connectivity index (χ4n) is 3.54. The smallest absolute Gasteiger partial charge is 0.353 e. The van der Waals surface area contributed by atoms with Gasteiger partial charge in [-0.2, -0.15) is 0 Å². The monoisotopic (exact) mass is 442 g/mol. The van der Waals surface area contributed by atoms with Gasteiger partial charge in [0.05, 0.1) is 10.6 Å². The topological polar surface area (TPSA) is 87.4 Å². The van der Waals surface area contributed by atoms with Crippen molar-refractivity contribution in [3.05, 3.63) is 75.3 Å². The summed E-state index contributed by atoms with van der Waals surface area (Å²) in [5, 5.41) is 15.4. The first-order valence-electron chi connectivity index (χ1n) is 9.71. The number of anilines is 4. The number of halogens is 2. The standard InChI is InChI=1S/C21H20ClFN6O2/c1-14-6-7-15(12-16(14)22)26-20-19(29(30)31)21(25-13-24-20)28-10-8-27(9-11-28)18-5-3-2-4-17(18)23/h2-7,12-13H,8-11H2,1H3,(H,24,25,26). The number of hydrogen-bond donors (Lipinski definition) is 1. The second kappa shape index (κ2) is 8.73. The number of aryl methyl sites for hydroxylation is 1. The van der Waals surface area contributed by atoms with Gasteiger partial charge >= 0.3 is 5.69 Å². The van der Waals surface area contributed by atoms with Gasteiger partial charge in [0.1, 0.15) is 12.1 Å². The predicted molar refractivity (Wildman–Crippen MR) is 119 cm³/mol. The summed E-state index contributed by atoms with van der Waals surface area (Å²) < 4.78 is 14.1. The molecule has 1 aromatic heterocycles. The molecule has 1 N–H and O–H groups in total. The molecule has 10 heteroatoms. The number of piperazine rings is 1. The van der Waals surface area contributed by atoms with Crippen molar-refractivity contribution in [3.63, 3.8) is 0 Å². The van der Waals surface area contributed by atoms with Crippen molar-refractivity contribution >= 4 is 40.3 Å². The summed E-state index contributed by atoms with van der Waals surface area (Å²) in [5.74, 6) is 0.0348. The molecule has 31 heavy (non-hydrogen) atoms. The van der Waals surface area contributed by atoms with Gasteiger partial charge in [-0.25, -0.2) is 14.4 Å². The summed E-state index contributed by atoms with van der Waals surface area (Å²) in [6.45, 7) is 3.82. The Bertz CT molecular complexity index is 1120. The zero-order valence-electron chi connectivity index (χ0n) is 16.8. The van der Waals surface area contributed by atoms with E-state index in [0.29, 0.717) is 42.6 Å². The highest BCUT2D eigenvalue weighted by molar-refractivity contribution is 6.31. The minimum Gasteiger partial charge on any atom is -0.366 e. The number of benzene rings is 2. The van der Waals surface area contributed by atoms with E-state index in [1.165, 1.54) is 12.4 Å². The molecule has 1 fully saturated rings. The van der Waals surface area contributed by atoms with Gasteiger partial charge in [0.25, 0.3) is 0 Å². The molecule has 0 unspecified atom stereocenters. The lowest BCUT2D eigenvalue weighted by atomic mass is 10.2. The lowest BCUT2D eigenvalue weighted by Gasteiger charge is -2.36. The number of nitrogens with one attached hydrogen (secondary N) is 1. The van der Waals surface area contributed by atoms with E-state index in [2.05, 4.69) is 15.3 Å². The van der Waals surface area contributed by atoms with Crippen molar-refractivity contribution in [3.8, 4) is 0 Å². The van der Waals surface area contributed by atoms with Crippen LogP contribution in [0.4, 0.5) is 33.1 Å². The van der Waals surface area contributed by atoms with Gasteiger partial charge in [-0.3, -0.25) is 10.1 Å². The van der Waals surface area contributed by atoms with E-state index in [4.69, 9.17) is 11.6 Å². The van der Waals surface area contributed by atoms with Crippen molar-refractivity contribution in [2.45, 2.75) is 6.92 Å². The third-order valence-electron chi connectivity index (χ3n) is 5.19. The highest BCUT2D eigenvalue weighted by atomic mass is 35.5. The van der Waals surface area contributed by atoms with Gasteiger partial charge in [0.2, 0.25) is 11.6 Å². The van der Waals surface area contributed by atoms with E-state index in [0.717, 1.165) is 5.56 Å². The Kier molecular flexibility index (Phi) is 5.85. The van der Waals surface area contributed by atoms with Gasteiger partial charge in [-0.05, 0) is 36.8 Å². The van der Waals surface area contributed by atoms with Crippen LogP contribution in [0.2, 0.25) is 5.02 Å². The summed E-state index contributed by atoms with van der Waals surface area (Å²) in [6.07, 6.45) is 1.30. The second-order valence-electron chi connectivity index (χ2n) is 7.17. The molecule has 4 rings (SSSR count). The van der Waals surface area contributed by atoms with Crippen LogP contribution in [0.15, 0.2) is 48.8 Å². The average Bonchev–Trinajstić information content (AvgIpc) is 2.76. The Balaban J connectivity index is 1.58. The zero-order valence-corrected chi connectivity index (χ0v) is 17.5. The summed E-state index contributed by atoms with van der Waals surface area (Å²) in [4.78, 5) is 23.4. The Morgan fingerprint density at radius 3 is 2.48 bits per heavy atom. The molecule has 0 bridgehead atoms. The van der Waals surface area contributed by atoms with Crippen molar-refractivity contribution in [1.29, 1.82) is 0 Å². The quantitative estimate of drug-likeness (QED) is 0.458. The highest BCUT2D eigenvalue weighted by Crippen LogP contribution is 2.35. The molecule has 0 saturated carbocycles. The van der Waals surface area contributed by atoms with E-state index < -0.39 is 4.92 Å². The van der Waals surface area contributed by atoms with Crippen molar-refractivity contribution in [2.75, 3.05) is 41.3 Å². The molecule has 8 nitrogen and oxygen atoms in total. The van der Waals surface area contributed by atoms with Crippen molar-refractivity contribution in [2.24, 2.45) is 0 Å². The molecule has 1 saturated heterocycles. The van der Waals surface area contributed by atoms with Crippen LogP contribution in [0.25, 0.3) is 0 Å². The Morgan fingerprint density at radius 1 is 1.10 bits per heavy atom. The molecule has 1 aliphatic heterocycles. The van der Waals surface area contributed by atoms with E-state index in [9.17, 15) is 14.5 Å². The number of nitrogens with zero attached hydrogens (tertiary/aromatic N) is 5. The maximum Gasteiger partial charge on any atom is 0.353 e. The number of rotatable bonds is 5. The molecular formula is C21H20ClFN6O2. The molecule has 1 aliphatic rings. The van der Waals surface area contributed by atoms with Gasteiger partial charge in [-0.1, -0.05) is 29.8 Å². The van der Waals surface area contributed by atoms with Gasteiger partial charge < -0.3 is 15.1 Å². The largest absolute Gasteiger partial charge is 0.366 e. The number of nitro groups is 1. The maximum absolute atomic E-state index is 14.1. The molecular weight excluding hydrogens is 423 g/mol. The van der Waals surface area contributed by atoms with Crippen LogP contribution in [0.3, 0.4) is 0 Å². The van der Waals surface area contributed by atoms with E-state index in [1.807, 2.05) is 22.8 Å². The van der Waals surface area contributed by atoms with Crippen LogP contribution in [-0.4, -0.2) is 41.1 Å². The molecule has 2 heterocycles. The van der Waals surface area contributed by atoms with Crippen LogP contribution in [0.5, 0.6) is 0 Å². The fourth-order valence-corrected chi connectivity index (χ4v) is 3.72. The predicted octanol–water partition coefficient (Wildman–Crippen LogP) is 4.56. The molecule has 3 aromatic rings. The molecule has 160 valence electrons. The van der Waals surface area contributed by atoms with E-state index in [1.54, 1.807) is 30.3 Å². The molecule has 0 atom stereocenters. The Morgan fingerprint density at radius 2 is 1.81 bits per heavy atom. The fraction of sp³-hybridized carbons (Fsp3) is 0.238. The third kappa shape index (κ3) is 4.36. The minimum absolute atomic E-state index is 0.0893. The number of para-hydroxylation sites is 1. The summed E-state index contributed by atoms with van der Waals surface area (Å²) >= 11 is 6.16. The first-order chi connectivity index (χ1) is 14.9. The Labute approximate surface area is 183 Å². The first-order valence-corrected chi connectivity index (χ1v) is 10.1. The van der Waals surface area contributed by atoms with E-state index >= 15 is 0 Å². The van der Waals surface area contributed by atoms with Gasteiger partial charge in [0.15, 0.2) is 0 Å². The zero-order chi connectivity index (χ0) is 22.0.